The van der Waals surface area contributed by atoms with Crippen molar-refractivity contribution in [1.82, 2.24) is 0 Å². The summed E-state index contributed by atoms with van der Waals surface area (Å²) in [4.78, 5) is 0. The molecule has 2 nitrogen and oxygen atoms in total. The van der Waals surface area contributed by atoms with Gasteiger partial charge in [-0.1, -0.05) is 45.3 Å². The second kappa shape index (κ2) is 4.89. The molecular formula is C17H28O2. The number of hydrogen-bond acceptors (Lipinski definition) is 2. The molecule has 1 heterocycles. The van der Waals surface area contributed by atoms with Crippen LogP contribution in [0.5, 0.6) is 0 Å². The Balaban J connectivity index is 1.69. The van der Waals surface area contributed by atoms with E-state index in [-0.39, 0.29) is 11.2 Å². The molecule has 108 valence electrons. The highest BCUT2D eigenvalue weighted by Crippen LogP contribution is 2.61. The van der Waals surface area contributed by atoms with Gasteiger partial charge in [0.2, 0.25) is 0 Å². The van der Waals surface area contributed by atoms with Gasteiger partial charge in [-0.2, -0.15) is 0 Å². The van der Waals surface area contributed by atoms with Gasteiger partial charge in [0.05, 0.1) is 13.2 Å². The molecule has 0 amide bonds. The standard InChI is InChI=1S/C17H28O2/c1-13-15(14-9-7-5-4-6-8-10-14)17(13)18-11-16(2,3)12-19-17/h9,13,15H,4-8,10-12H2,1-3H3/b14-9+/t13-,15-/m0/s1. The Labute approximate surface area is 117 Å². The quantitative estimate of drug-likeness (QED) is 0.657. The Bertz CT molecular complexity index is 359. The van der Waals surface area contributed by atoms with E-state index in [4.69, 9.17) is 9.47 Å². The fraction of sp³-hybridized carbons (Fsp3) is 0.882. The van der Waals surface area contributed by atoms with Crippen LogP contribution in [0.1, 0.15) is 59.3 Å². The van der Waals surface area contributed by atoms with Crippen LogP contribution in [0, 0.1) is 17.3 Å². The number of rotatable bonds is 1. The fourth-order valence-electron chi connectivity index (χ4n) is 3.72. The number of hydrogen-bond donors (Lipinski definition) is 0. The van der Waals surface area contributed by atoms with Crippen LogP contribution in [-0.2, 0) is 9.47 Å². The van der Waals surface area contributed by atoms with Crippen molar-refractivity contribution in [2.24, 2.45) is 17.3 Å². The summed E-state index contributed by atoms with van der Waals surface area (Å²) in [6, 6.07) is 0. The van der Waals surface area contributed by atoms with Crippen molar-refractivity contribution in [3.8, 4) is 0 Å². The van der Waals surface area contributed by atoms with Gasteiger partial charge in [-0.3, -0.25) is 0 Å². The monoisotopic (exact) mass is 264 g/mol. The Morgan fingerprint density at radius 2 is 1.74 bits per heavy atom. The van der Waals surface area contributed by atoms with Crippen molar-refractivity contribution in [3.63, 3.8) is 0 Å². The molecule has 0 unspecified atom stereocenters. The largest absolute Gasteiger partial charge is 0.348 e. The van der Waals surface area contributed by atoms with E-state index in [0.717, 1.165) is 13.2 Å². The summed E-state index contributed by atoms with van der Waals surface area (Å²) < 4.78 is 12.4. The van der Waals surface area contributed by atoms with Gasteiger partial charge in [-0.25, -0.2) is 0 Å². The van der Waals surface area contributed by atoms with E-state index >= 15 is 0 Å². The van der Waals surface area contributed by atoms with Crippen LogP contribution in [-0.4, -0.2) is 19.0 Å². The average Bonchev–Trinajstić information content (AvgIpc) is 2.89. The minimum absolute atomic E-state index is 0.174. The van der Waals surface area contributed by atoms with Crippen molar-refractivity contribution < 1.29 is 9.47 Å². The molecule has 2 heteroatoms. The molecule has 1 aliphatic heterocycles. The van der Waals surface area contributed by atoms with Gasteiger partial charge in [0.1, 0.15) is 0 Å². The van der Waals surface area contributed by atoms with E-state index in [1.54, 1.807) is 5.57 Å². The SMILES string of the molecule is C[C@H]1[C@@H](/C2=C/CCCCCC2)C12OCC(C)(C)CO2. The van der Waals surface area contributed by atoms with Gasteiger partial charge < -0.3 is 9.47 Å². The third kappa shape index (κ3) is 2.50. The van der Waals surface area contributed by atoms with Crippen molar-refractivity contribution in [1.29, 1.82) is 0 Å². The van der Waals surface area contributed by atoms with Gasteiger partial charge in [-0.15, -0.1) is 0 Å². The van der Waals surface area contributed by atoms with Crippen LogP contribution in [0.2, 0.25) is 0 Å². The molecule has 0 bridgehead atoms. The third-order valence-electron chi connectivity index (χ3n) is 5.06. The van der Waals surface area contributed by atoms with Crippen LogP contribution in [0.15, 0.2) is 11.6 Å². The molecule has 1 spiro atoms. The lowest BCUT2D eigenvalue weighted by Crippen LogP contribution is -2.41. The first-order valence-corrected chi connectivity index (χ1v) is 8.02. The van der Waals surface area contributed by atoms with Crippen molar-refractivity contribution in [2.45, 2.75) is 65.1 Å². The normalized spacial score (nSPS) is 40.1. The number of allylic oxidation sites excluding steroid dienone is 1. The van der Waals surface area contributed by atoms with Crippen LogP contribution < -0.4 is 0 Å². The average molecular weight is 264 g/mol. The molecule has 0 N–H and O–H groups in total. The van der Waals surface area contributed by atoms with E-state index in [9.17, 15) is 0 Å². The molecule has 2 aliphatic carbocycles. The summed E-state index contributed by atoms with van der Waals surface area (Å²) in [5.41, 5.74) is 1.79. The van der Waals surface area contributed by atoms with Gasteiger partial charge in [0.25, 0.3) is 0 Å². The Morgan fingerprint density at radius 3 is 2.47 bits per heavy atom. The first kappa shape index (κ1) is 13.6. The van der Waals surface area contributed by atoms with Crippen LogP contribution in [0.3, 0.4) is 0 Å². The molecule has 0 aromatic rings. The predicted molar refractivity (Wildman–Crippen MR) is 76.9 cm³/mol. The smallest absolute Gasteiger partial charge is 0.178 e. The first-order chi connectivity index (χ1) is 9.05. The maximum Gasteiger partial charge on any atom is 0.178 e. The molecule has 0 aromatic heterocycles. The molecule has 19 heavy (non-hydrogen) atoms. The van der Waals surface area contributed by atoms with Gasteiger partial charge >= 0.3 is 0 Å². The maximum atomic E-state index is 6.18. The lowest BCUT2D eigenvalue weighted by Gasteiger charge is -2.36. The third-order valence-corrected chi connectivity index (χ3v) is 5.06. The second-order valence-corrected chi connectivity index (χ2v) is 7.46. The van der Waals surface area contributed by atoms with E-state index in [0.29, 0.717) is 11.8 Å². The lowest BCUT2D eigenvalue weighted by molar-refractivity contribution is -0.254. The predicted octanol–water partition coefficient (Wildman–Crippen LogP) is 4.30. The molecule has 3 aliphatic rings. The summed E-state index contributed by atoms with van der Waals surface area (Å²) in [5, 5.41) is 0. The zero-order valence-electron chi connectivity index (χ0n) is 12.7. The first-order valence-electron chi connectivity index (χ1n) is 8.02. The van der Waals surface area contributed by atoms with Gasteiger partial charge in [-0.05, 0) is 25.7 Å². The molecular weight excluding hydrogens is 236 g/mol. The van der Waals surface area contributed by atoms with Crippen molar-refractivity contribution in [3.05, 3.63) is 11.6 Å². The Kier molecular flexibility index (Phi) is 3.51. The molecule has 0 radical (unpaired) electrons. The minimum atomic E-state index is -0.263. The molecule has 0 aromatic carbocycles. The summed E-state index contributed by atoms with van der Waals surface area (Å²) in [6.45, 7) is 8.40. The van der Waals surface area contributed by atoms with Crippen molar-refractivity contribution in [2.75, 3.05) is 13.2 Å². The highest BCUT2D eigenvalue weighted by Gasteiger charge is 2.68. The molecule has 3 rings (SSSR count). The van der Waals surface area contributed by atoms with Gasteiger partial charge in [0.15, 0.2) is 5.79 Å². The van der Waals surface area contributed by atoms with E-state index in [2.05, 4.69) is 26.8 Å². The summed E-state index contributed by atoms with van der Waals surface area (Å²) in [7, 11) is 0. The summed E-state index contributed by atoms with van der Waals surface area (Å²) >= 11 is 0. The van der Waals surface area contributed by atoms with Crippen molar-refractivity contribution >= 4 is 0 Å². The Hall–Kier alpha value is -0.340. The van der Waals surface area contributed by atoms with Crippen LogP contribution in [0.4, 0.5) is 0 Å². The van der Waals surface area contributed by atoms with Crippen LogP contribution in [0.25, 0.3) is 0 Å². The minimum Gasteiger partial charge on any atom is -0.348 e. The fourth-order valence-corrected chi connectivity index (χ4v) is 3.72. The zero-order valence-corrected chi connectivity index (χ0v) is 12.7. The maximum absolute atomic E-state index is 6.18. The molecule has 1 saturated heterocycles. The summed E-state index contributed by atoms with van der Waals surface area (Å²) in [5.74, 6) is 0.802. The summed E-state index contributed by atoms with van der Waals surface area (Å²) in [6.07, 6.45) is 10.5. The topological polar surface area (TPSA) is 18.5 Å². The highest BCUT2D eigenvalue weighted by atomic mass is 16.7. The lowest BCUT2D eigenvalue weighted by atomic mass is 9.94. The molecule has 2 atom stereocenters. The van der Waals surface area contributed by atoms with E-state index in [1.165, 1.54) is 38.5 Å². The van der Waals surface area contributed by atoms with E-state index < -0.39 is 0 Å². The zero-order chi connectivity index (χ0) is 13.5. The van der Waals surface area contributed by atoms with Crippen LogP contribution >= 0.6 is 0 Å². The van der Waals surface area contributed by atoms with Gasteiger partial charge in [0, 0.05) is 17.3 Å². The second-order valence-electron chi connectivity index (χ2n) is 7.46. The Morgan fingerprint density at radius 1 is 1.05 bits per heavy atom. The highest BCUT2D eigenvalue weighted by molar-refractivity contribution is 5.25. The van der Waals surface area contributed by atoms with E-state index in [1.807, 2.05) is 0 Å². The molecule has 2 fully saturated rings. The number of ether oxygens (including phenoxy) is 2. The molecule has 1 saturated carbocycles.